The molecule has 1 unspecified atom stereocenters. The Hall–Kier alpha value is -3.82. The van der Waals surface area contributed by atoms with Gasteiger partial charge >= 0.3 is 0 Å². The van der Waals surface area contributed by atoms with Crippen molar-refractivity contribution >= 4 is 11.4 Å². The summed E-state index contributed by atoms with van der Waals surface area (Å²) >= 11 is 0. The van der Waals surface area contributed by atoms with Gasteiger partial charge in [0.1, 0.15) is 24.6 Å². The third-order valence-corrected chi connectivity index (χ3v) is 6.39. The van der Waals surface area contributed by atoms with Gasteiger partial charge in [-0.25, -0.2) is 10.1 Å². The second-order valence-corrected chi connectivity index (χ2v) is 9.15. The largest absolute Gasteiger partial charge is 0.391 e. The maximum absolute atomic E-state index is 9.54. The number of allylic oxidation sites excluding steroid dienone is 1. The molecule has 0 saturated heterocycles. The summed E-state index contributed by atoms with van der Waals surface area (Å²) in [5.41, 5.74) is 6.37. The van der Waals surface area contributed by atoms with Gasteiger partial charge in [0.25, 0.3) is 0 Å². The number of fused-ring (bicyclic) bond motifs is 1. The van der Waals surface area contributed by atoms with E-state index in [0.29, 0.717) is 18.9 Å². The van der Waals surface area contributed by atoms with Crippen LogP contribution in [0.2, 0.25) is 0 Å². The Bertz CT molecular complexity index is 1310. The van der Waals surface area contributed by atoms with E-state index in [0.717, 1.165) is 57.3 Å². The van der Waals surface area contributed by atoms with Crippen molar-refractivity contribution in [3.63, 3.8) is 0 Å². The first kappa shape index (κ1) is 22.0. The number of aromatic amines is 1. The molecule has 9 nitrogen and oxygen atoms in total. The number of H-pyrrole nitrogens is 1. The molecule has 34 heavy (non-hydrogen) atoms. The summed E-state index contributed by atoms with van der Waals surface area (Å²) in [6, 6.07) is 16.6. The molecule has 2 aromatic carbocycles. The van der Waals surface area contributed by atoms with Gasteiger partial charge in [-0.1, -0.05) is 55.1 Å². The first-order valence-electron chi connectivity index (χ1n) is 11.3. The number of anilines is 1. The van der Waals surface area contributed by atoms with Crippen LogP contribution in [0.15, 0.2) is 55.1 Å². The smallest absolute Gasteiger partial charge is 0.180 e. The summed E-state index contributed by atoms with van der Waals surface area (Å²) < 4.78 is 2.97. The molecule has 1 atom stereocenters. The molecule has 0 spiro atoms. The second-order valence-electron chi connectivity index (χ2n) is 9.15. The topological polar surface area (TPSA) is 105 Å². The number of tetrazole rings is 1. The van der Waals surface area contributed by atoms with E-state index in [1.165, 1.54) is 5.56 Å². The molecule has 0 fully saturated rings. The number of rotatable bonds is 7. The van der Waals surface area contributed by atoms with E-state index in [-0.39, 0.29) is 6.61 Å². The standard InChI is InChI=1S/C25H29N8O/c1-17(2)25-27-24-22(15-33(3,12-13-34)16-26-24)32(25)14-18-8-10-19(11-9-18)20-6-4-5-7-21(20)23-28-30-31-29-23/h4-11,26,34H,1,12-16H2,2-3H3,(H,28,29,30,31)/q+1. The molecule has 0 amide bonds. The predicted molar refractivity (Wildman–Crippen MR) is 131 cm³/mol. The van der Waals surface area contributed by atoms with Crippen molar-refractivity contribution < 1.29 is 9.59 Å². The Balaban J connectivity index is 1.46. The van der Waals surface area contributed by atoms with Crippen LogP contribution in [0.4, 0.5) is 5.82 Å². The highest BCUT2D eigenvalue weighted by Crippen LogP contribution is 2.32. The molecule has 2 aromatic heterocycles. The lowest BCUT2D eigenvalue weighted by molar-refractivity contribution is -0.921. The zero-order valence-electron chi connectivity index (χ0n) is 19.5. The van der Waals surface area contributed by atoms with Crippen molar-refractivity contribution in [2.24, 2.45) is 0 Å². The van der Waals surface area contributed by atoms with Gasteiger partial charge in [-0.05, 0) is 39.6 Å². The maximum Gasteiger partial charge on any atom is 0.180 e. The Labute approximate surface area is 198 Å². The van der Waals surface area contributed by atoms with Crippen LogP contribution >= 0.6 is 0 Å². The van der Waals surface area contributed by atoms with Gasteiger partial charge in [0.15, 0.2) is 18.3 Å². The van der Waals surface area contributed by atoms with Crippen LogP contribution in [-0.2, 0) is 13.1 Å². The molecule has 3 heterocycles. The molecule has 9 heteroatoms. The molecule has 0 bridgehead atoms. The number of aromatic nitrogens is 6. The summed E-state index contributed by atoms with van der Waals surface area (Å²) in [5.74, 6) is 2.45. The lowest BCUT2D eigenvalue weighted by Gasteiger charge is -2.37. The Kier molecular flexibility index (Phi) is 5.72. The Morgan fingerprint density at radius 1 is 1.15 bits per heavy atom. The first-order valence-corrected chi connectivity index (χ1v) is 11.3. The molecule has 0 radical (unpaired) electrons. The van der Waals surface area contributed by atoms with Crippen LogP contribution in [0.1, 0.15) is 24.0 Å². The maximum atomic E-state index is 9.54. The quantitative estimate of drug-likeness (QED) is 0.368. The van der Waals surface area contributed by atoms with E-state index in [1.807, 2.05) is 25.1 Å². The summed E-state index contributed by atoms with van der Waals surface area (Å²) in [4.78, 5) is 4.83. The molecule has 1 aliphatic heterocycles. The first-order chi connectivity index (χ1) is 16.5. The van der Waals surface area contributed by atoms with Crippen molar-refractivity contribution in [2.75, 3.05) is 32.2 Å². The van der Waals surface area contributed by atoms with Gasteiger partial charge < -0.3 is 19.5 Å². The van der Waals surface area contributed by atoms with Crippen molar-refractivity contribution in [3.8, 4) is 22.5 Å². The lowest BCUT2D eigenvalue weighted by atomic mass is 9.98. The van der Waals surface area contributed by atoms with Crippen LogP contribution in [0.5, 0.6) is 0 Å². The van der Waals surface area contributed by atoms with Crippen LogP contribution in [0, 0.1) is 0 Å². The molecule has 0 aliphatic carbocycles. The van der Waals surface area contributed by atoms with Crippen LogP contribution in [0.3, 0.4) is 0 Å². The van der Waals surface area contributed by atoms with Crippen LogP contribution in [-0.4, -0.2) is 66.6 Å². The monoisotopic (exact) mass is 457 g/mol. The number of quaternary nitrogens is 1. The highest BCUT2D eigenvalue weighted by molar-refractivity contribution is 5.80. The van der Waals surface area contributed by atoms with E-state index in [9.17, 15) is 5.11 Å². The molecular weight excluding hydrogens is 428 g/mol. The minimum Gasteiger partial charge on any atom is -0.391 e. The number of nitrogens with one attached hydrogen (secondary N) is 2. The van der Waals surface area contributed by atoms with Gasteiger partial charge in [0.05, 0.1) is 13.7 Å². The van der Waals surface area contributed by atoms with E-state index in [4.69, 9.17) is 4.98 Å². The summed E-state index contributed by atoms with van der Waals surface area (Å²) in [7, 11) is 2.15. The number of aliphatic hydroxyl groups is 1. The van der Waals surface area contributed by atoms with Gasteiger partial charge in [-0.2, -0.15) is 0 Å². The number of hydrogen-bond donors (Lipinski definition) is 3. The zero-order chi connectivity index (χ0) is 23.7. The number of hydrogen-bond acceptors (Lipinski definition) is 6. The minimum atomic E-state index is 0.155. The van der Waals surface area contributed by atoms with Gasteiger partial charge in [-0.15, -0.1) is 5.10 Å². The number of aliphatic hydroxyl groups excluding tert-OH is 1. The number of nitrogens with zero attached hydrogens (tertiary/aromatic N) is 6. The Morgan fingerprint density at radius 2 is 1.91 bits per heavy atom. The van der Waals surface area contributed by atoms with E-state index in [1.54, 1.807) is 0 Å². The highest BCUT2D eigenvalue weighted by atomic mass is 16.3. The second kappa shape index (κ2) is 8.85. The van der Waals surface area contributed by atoms with Crippen molar-refractivity contribution in [3.05, 3.63) is 72.2 Å². The van der Waals surface area contributed by atoms with Crippen LogP contribution < -0.4 is 5.32 Å². The van der Waals surface area contributed by atoms with Gasteiger partial charge in [-0.3, -0.25) is 0 Å². The number of likely N-dealkylation sites (N-methyl/N-ethyl adjacent to an activating group) is 1. The van der Waals surface area contributed by atoms with E-state index >= 15 is 0 Å². The molecule has 4 aromatic rings. The average Bonchev–Trinajstić information content (AvgIpc) is 3.48. The Morgan fingerprint density at radius 3 is 2.59 bits per heavy atom. The van der Waals surface area contributed by atoms with Crippen molar-refractivity contribution in [1.82, 2.24) is 30.2 Å². The summed E-state index contributed by atoms with van der Waals surface area (Å²) in [6.45, 7) is 9.24. The molecule has 3 N–H and O–H groups in total. The summed E-state index contributed by atoms with van der Waals surface area (Å²) in [6.07, 6.45) is 0. The summed E-state index contributed by atoms with van der Waals surface area (Å²) in [5, 5.41) is 27.3. The number of benzene rings is 2. The minimum absolute atomic E-state index is 0.155. The van der Waals surface area contributed by atoms with Crippen molar-refractivity contribution in [1.29, 1.82) is 0 Å². The fraction of sp³-hybridized carbons (Fsp3) is 0.280. The molecule has 5 rings (SSSR count). The van der Waals surface area contributed by atoms with Gasteiger partial charge in [0.2, 0.25) is 0 Å². The van der Waals surface area contributed by atoms with E-state index < -0.39 is 0 Å². The average molecular weight is 458 g/mol. The van der Waals surface area contributed by atoms with Crippen molar-refractivity contribution in [2.45, 2.75) is 20.0 Å². The van der Waals surface area contributed by atoms with Gasteiger partial charge in [0, 0.05) is 12.1 Å². The molecule has 174 valence electrons. The van der Waals surface area contributed by atoms with Crippen LogP contribution in [0.25, 0.3) is 28.1 Å². The van der Waals surface area contributed by atoms with E-state index in [2.05, 4.69) is 74.5 Å². The fourth-order valence-electron chi connectivity index (χ4n) is 4.55. The normalized spacial score (nSPS) is 17.3. The molecule has 0 saturated carbocycles. The molecule has 1 aliphatic rings. The highest BCUT2D eigenvalue weighted by Gasteiger charge is 2.32. The lowest BCUT2D eigenvalue weighted by Crippen LogP contribution is -2.51. The number of imidazole rings is 1. The predicted octanol–water partition coefficient (Wildman–Crippen LogP) is 3.13. The zero-order valence-corrected chi connectivity index (χ0v) is 19.5. The third kappa shape index (κ3) is 4.11. The third-order valence-electron chi connectivity index (χ3n) is 6.39. The fourth-order valence-corrected chi connectivity index (χ4v) is 4.55. The molecular formula is C25H29N8O+. The SMILES string of the molecule is C=C(C)c1nc2c(n1Cc1ccc(-c3ccccc3-c3nnn[nH]3)cc1)C[N+](C)(CCO)CN2.